The summed E-state index contributed by atoms with van der Waals surface area (Å²) < 4.78 is 0. The molecule has 0 aromatic carbocycles. The molecule has 0 fully saturated rings. The van der Waals surface area contributed by atoms with E-state index in [1.165, 1.54) is 0 Å². The topological polar surface area (TPSA) is 33.1 Å². The van der Waals surface area contributed by atoms with Crippen LogP contribution in [0.25, 0.3) is 0 Å². The molecule has 1 aromatic heterocycles. The van der Waals surface area contributed by atoms with E-state index >= 15 is 0 Å². The highest BCUT2D eigenvalue weighted by molar-refractivity contribution is 5.27. The van der Waals surface area contributed by atoms with Crippen molar-refractivity contribution in [3.05, 3.63) is 23.4 Å². The Bertz CT molecular complexity index is 266. The molecule has 72 valence electrons. The lowest BCUT2D eigenvalue weighted by atomic mass is 10.0. The molecule has 0 aliphatic rings. The molecule has 1 rings (SSSR count). The number of hydrogen-bond acceptors (Lipinski definition) is 2. The van der Waals surface area contributed by atoms with Gasteiger partial charge in [-0.3, -0.25) is 0 Å². The SMILES string of the molecule is CC(C)c1cc(O)nc(C(C)C)c1. The fourth-order valence-electron chi connectivity index (χ4n) is 1.19. The summed E-state index contributed by atoms with van der Waals surface area (Å²) in [7, 11) is 0. The first-order chi connectivity index (χ1) is 6.00. The van der Waals surface area contributed by atoms with Crippen LogP contribution in [0.2, 0.25) is 0 Å². The lowest BCUT2D eigenvalue weighted by molar-refractivity contribution is 0.448. The summed E-state index contributed by atoms with van der Waals surface area (Å²) in [6, 6.07) is 3.80. The third-order valence-corrected chi connectivity index (χ3v) is 2.11. The minimum atomic E-state index is 0.134. The second-order valence-corrected chi connectivity index (χ2v) is 3.99. The molecule has 0 aliphatic carbocycles. The molecule has 0 saturated heterocycles. The Labute approximate surface area is 79.6 Å². The van der Waals surface area contributed by atoms with E-state index in [-0.39, 0.29) is 5.88 Å². The summed E-state index contributed by atoms with van der Waals surface area (Å²) in [5.74, 6) is 0.936. The smallest absolute Gasteiger partial charge is 0.211 e. The Kier molecular flexibility index (Phi) is 2.91. The standard InChI is InChI=1S/C11H17NO/c1-7(2)9-5-10(8(3)4)12-11(13)6-9/h5-8H,1-4H3,(H,12,13). The first kappa shape index (κ1) is 10.0. The van der Waals surface area contributed by atoms with Crippen molar-refractivity contribution < 1.29 is 5.11 Å². The van der Waals surface area contributed by atoms with Gasteiger partial charge in [0.25, 0.3) is 0 Å². The quantitative estimate of drug-likeness (QED) is 0.757. The fraction of sp³-hybridized carbons (Fsp3) is 0.545. The zero-order chi connectivity index (χ0) is 10.0. The Morgan fingerprint density at radius 1 is 1.08 bits per heavy atom. The van der Waals surface area contributed by atoms with E-state index in [1.54, 1.807) is 6.07 Å². The van der Waals surface area contributed by atoms with E-state index in [4.69, 9.17) is 0 Å². The molecule has 0 spiro atoms. The number of aromatic nitrogens is 1. The normalized spacial score (nSPS) is 11.2. The molecule has 0 saturated carbocycles. The van der Waals surface area contributed by atoms with Gasteiger partial charge in [-0.25, -0.2) is 4.98 Å². The van der Waals surface area contributed by atoms with Crippen molar-refractivity contribution >= 4 is 0 Å². The van der Waals surface area contributed by atoms with Gasteiger partial charge in [0, 0.05) is 11.8 Å². The maximum atomic E-state index is 9.38. The van der Waals surface area contributed by atoms with Crippen molar-refractivity contribution in [2.45, 2.75) is 39.5 Å². The van der Waals surface area contributed by atoms with E-state index < -0.39 is 0 Å². The molecule has 1 N–H and O–H groups in total. The minimum Gasteiger partial charge on any atom is -0.493 e. The molecule has 0 amide bonds. The number of rotatable bonds is 2. The highest BCUT2D eigenvalue weighted by Gasteiger charge is 2.07. The van der Waals surface area contributed by atoms with Gasteiger partial charge in [-0.2, -0.15) is 0 Å². The molecule has 0 aliphatic heterocycles. The summed E-state index contributed by atoms with van der Waals surface area (Å²) in [5.41, 5.74) is 2.11. The van der Waals surface area contributed by atoms with Gasteiger partial charge < -0.3 is 5.11 Å². The number of nitrogens with zero attached hydrogens (tertiary/aromatic N) is 1. The lowest BCUT2D eigenvalue weighted by Gasteiger charge is -2.10. The molecular formula is C11H17NO. The van der Waals surface area contributed by atoms with Gasteiger partial charge in [0.15, 0.2) is 0 Å². The summed E-state index contributed by atoms with van der Waals surface area (Å²) in [6.07, 6.45) is 0. The zero-order valence-corrected chi connectivity index (χ0v) is 8.70. The van der Waals surface area contributed by atoms with Crippen LogP contribution in [0.15, 0.2) is 12.1 Å². The van der Waals surface area contributed by atoms with Gasteiger partial charge in [0.05, 0.1) is 0 Å². The number of hydrogen-bond donors (Lipinski definition) is 1. The van der Waals surface area contributed by atoms with E-state index in [2.05, 4.69) is 38.7 Å². The fourth-order valence-corrected chi connectivity index (χ4v) is 1.19. The molecule has 0 radical (unpaired) electrons. The van der Waals surface area contributed by atoms with Gasteiger partial charge in [-0.05, 0) is 23.5 Å². The third kappa shape index (κ3) is 2.44. The average Bonchev–Trinajstić information content (AvgIpc) is 2.03. The van der Waals surface area contributed by atoms with Crippen molar-refractivity contribution in [1.29, 1.82) is 0 Å². The molecule has 0 bridgehead atoms. The Hall–Kier alpha value is -1.05. The van der Waals surface area contributed by atoms with Crippen LogP contribution in [-0.2, 0) is 0 Å². The minimum absolute atomic E-state index is 0.134. The highest BCUT2D eigenvalue weighted by Crippen LogP contribution is 2.22. The van der Waals surface area contributed by atoms with Crippen LogP contribution >= 0.6 is 0 Å². The molecule has 2 heteroatoms. The second kappa shape index (κ2) is 3.77. The molecule has 1 aromatic rings. The van der Waals surface area contributed by atoms with Crippen molar-refractivity contribution in [2.24, 2.45) is 0 Å². The first-order valence-electron chi connectivity index (χ1n) is 4.71. The predicted molar refractivity (Wildman–Crippen MR) is 54.1 cm³/mol. The molecule has 1 heterocycles. The molecular weight excluding hydrogens is 162 g/mol. The van der Waals surface area contributed by atoms with Crippen LogP contribution in [-0.4, -0.2) is 10.1 Å². The van der Waals surface area contributed by atoms with Crippen LogP contribution in [0.3, 0.4) is 0 Å². The van der Waals surface area contributed by atoms with Crippen LogP contribution in [0, 0.1) is 0 Å². The Morgan fingerprint density at radius 3 is 2.15 bits per heavy atom. The molecule has 13 heavy (non-hydrogen) atoms. The van der Waals surface area contributed by atoms with E-state index in [0.717, 1.165) is 11.3 Å². The van der Waals surface area contributed by atoms with E-state index in [0.29, 0.717) is 11.8 Å². The summed E-state index contributed by atoms with van der Waals surface area (Å²) in [5, 5.41) is 9.38. The molecule has 0 atom stereocenters. The van der Waals surface area contributed by atoms with Crippen molar-refractivity contribution in [2.75, 3.05) is 0 Å². The third-order valence-electron chi connectivity index (χ3n) is 2.11. The monoisotopic (exact) mass is 179 g/mol. The van der Waals surface area contributed by atoms with Gasteiger partial charge in [0.1, 0.15) is 0 Å². The van der Waals surface area contributed by atoms with E-state index in [1.807, 2.05) is 0 Å². The van der Waals surface area contributed by atoms with Gasteiger partial charge in [0.2, 0.25) is 5.88 Å². The van der Waals surface area contributed by atoms with Gasteiger partial charge in [-0.15, -0.1) is 0 Å². The molecule has 0 unspecified atom stereocenters. The van der Waals surface area contributed by atoms with Gasteiger partial charge in [-0.1, -0.05) is 27.7 Å². The van der Waals surface area contributed by atoms with E-state index in [9.17, 15) is 5.11 Å². The van der Waals surface area contributed by atoms with Crippen molar-refractivity contribution in [1.82, 2.24) is 4.98 Å². The number of pyridine rings is 1. The average molecular weight is 179 g/mol. The lowest BCUT2D eigenvalue weighted by Crippen LogP contribution is -1.96. The maximum Gasteiger partial charge on any atom is 0.211 e. The van der Waals surface area contributed by atoms with Crippen molar-refractivity contribution in [3.8, 4) is 5.88 Å². The Morgan fingerprint density at radius 2 is 1.69 bits per heavy atom. The number of aromatic hydroxyl groups is 1. The first-order valence-corrected chi connectivity index (χ1v) is 4.71. The highest BCUT2D eigenvalue weighted by atomic mass is 16.3. The summed E-state index contributed by atoms with van der Waals surface area (Å²) >= 11 is 0. The van der Waals surface area contributed by atoms with Crippen LogP contribution in [0.1, 0.15) is 50.8 Å². The summed E-state index contributed by atoms with van der Waals surface area (Å²) in [4.78, 5) is 4.07. The van der Waals surface area contributed by atoms with Crippen molar-refractivity contribution in [3.63, 3.8) is 0 Å². The Balaban J connectivity index is 3.11. The van der Waals surface area contributed by atoms with Crippen LogP contribution < -0.4 is 0 Å². The van der Waals surface area contributed by atoms with Crippen LogP contribution in [0.4, 0.5) is 0 Å². The predicted octanol–water partition coefficient (Wildman–Crippen LogP) is 3.03. The summed E-state index contributed by atoms with van der Waals surface area (Å²) in [6.45, 7) is 8.37. The largest absolute Gasteiger partial charge is 0.493 e. The zero-order valence-electron chi connectivity index (χ0n) is 8.70. The second-order valence-electron chi connectivity index (χ2n) is 3.99. The van der Waals surface area contributed by atoms with Crippen LogP contribution in [0.5, 0.6) is 5.88 Å². The van der Waals surface area contributed by atoms with Gasteiger partial charge >= 0.3 is 0 Å². The maximum absolute atomic E-state index is 9.38. The molecule has 2 nitrogen and oxygen atoms in total.